The van der Waals surface area contributed by atoms with Crippen LogP contribution in [-0.2, 0) is 22.6 Å². The lowest BCUT2D eigenvalue weighted by Crippen LogP contribution is -2.21. The predicted molar refractivity (Wildman–Crippen MR) is 78.6 cm³/mol. The molecule has 2 rings (SSSR count). The molecule has 0 aliphatic carbocycles. The Hall–Kier alpha value is -0.840. The van der Waals surface area contributed by atoms with Crippen LogP contribution in [0.4, 0.5) is 0 Å². The van der Waals surface area contributed by atoms with Gasteiger partial charge in [-0.05, 0) is 31.7 Å². The average molecular weight is 281 g/mol. The number of furan rings is 1. The first-order valence-corrected chi connectivity index (χ1v) is 7.62. The second-order valence-corrected chi connectivity index (χ2v) is 5.90. The fourth-order valence-electron chi connectivity index (χ4n) is 2.39. The number of ether oxygens (including phenoxy) is 2. The molecule has 1 aliphatic heterocycles. The Kier molecular flexibility index (Phi) is 6.07. The molecule has 0 radical (unpaired) electrons. The number of hydrogen-bond donors (Lipinski definition) is 1. The van der Waals surface area contributed by atoms with Crippen LogP contribution in [0.5, 0.6) is 0 Å². The van der Waals surface area contributed by atoms with Crippen molar-refractivity contribution in [3.05, 3.63) is 23.2 Å². The van der Waals surface area contributed by atoms with E-state index in [-0.39, 0.29) is 0 Å². The van der Waals surface area contributed by atoms with Crippen LogP contribution in [0.15, 0.2) is 10.5 Å². The molecule has 0 atom stereocenters. The van der Waals surface area contributed by atoms with Crippen LogP contribution >= 0.6 is 0 Å². The van der Waals surface area contributed by atoms with Gasteiger partial charge in [0.15, 0.2) is 0 Å². The third-order valence-electron chi connectivity index (χ3n) is 3.71. The van der Waals surface area contributed by atoms with E-state index < -0.39 is 0 Å². The molecule has 1 N–H and O–H groups in total. The first-order chi connectivity index (χ1) is 9.65. The summed E-state index contributed by atoms with van der Waals surface area (Å²) >= 11 is 0. The molecule has 1 aliphatic rings. The van der Waals surface area contributed by atoms with Crippen molar-refractivity contribution < 1.29 is 13.9 Å². The van der Waals surface area contributed by atoms with E-state index in [4.69, 9.17) is 13.9 Å². The standard InChI is InChI=1S/C16H27NO3/c1-12(2)17-9-15-8-16(20-13(15)3)11-19-10-14-4-6-18-7-5-14/h8,12,14,17H,4-7,9-11H2,1-3H3. The lowest BCUT2D eigenvalue weighted by Gasteiger charge is -2.21. The van der Waals surface area contributed by atoms with Crippen molar-refractivity contribution in [3.63, 3.8) is 0 Å². The van der Waals surface area contributed by atoms with Gasteiger partial charge in [0.1, 0.15) is 18.1 Å². The highest BCUT2D eigenvalue weighted by atomic mass is 16.5. The Balaban J connectivity index is 1.73. The van der Waals surface area contributed by atoms with Gasteiger partial charge in [0, 0.05) is 31.4 Å². The zero-order valence-corrected chi connectivity index (χ0v) is 12.9. The molecular weight excluding hydrogens is 254 g/mol. The highest BCUT2D eigenvalue weighted by molar-refractivity contribution is 5.20. The van der Waals surface area contributed by atoms with Gasteiger partial charge in [0.25, 0.3) is 0 Å². The van der Waals surface area contributed by atoms with Gasteiger partial charge in [0.05, 0.1) is 6.61 Å². The molecule has 0 unspecified atom stereocenters. The van der Waals surface area contributed by atoms with Crippen molar-refractivity contribution in [2.45, 2.75) is 52.8 Å². The Morgan fingerprint density at radius 2 is 2.10 bits per heavy atom. The third kappa shape index (κ3) is 4.93. The van der Waals surface area contributed by atoms with Gasteiger partial charge in [-0.2, -0.15) is 0 Å². The fraction of sp³-hybridized carbons (Fsp3) is 0.750. The summed E-state index contributed by atoms with van der Waals surface area (Å²) in [7, 11) is 0. The molecule has 1 aromatic rings. The molecule has 0 aromatic carbocycles. The second kappa shape index (κ2) is 7.81. The number of nitrogens with one attached hydrogen (secondary N) is 1. The largest absolute Gasteiger partial charge is 0.464 e. The Bertz CT molecular complexity index is 394. The molecule has 0 bridgehead atoms. The topological polar surface area (TPSA) is 43.6 Å². The molecule has 114 valence electrons. The zero-order chi connectivity index (χ0) is 14.4. The van der Waals surface area contributed by atoms with Crippen LogP contribution in [0.3, 0.4) is 0 Å². The SMILES string of the molecule is Cc1oc(COCC2CCOCC2)cc1CNC(C)C. The summed E-state index contributed by atoms with van der Waals surface area (Å²) in [6, 6.07) is 2.59. The van der Waals surface area contributed by atoms with Crippen molar-refractivity contribution in [1.29, 1.82) is 0 Å². The molecule has 0 amide bonds. The summed E-state index contributed by atoms with van der Waals surface area (Å²) in [6.45, 7) is 10.3. The van der Waals surface area contributed by atoms with E-state index in [1.165, 1.54) is 5.56 Å². The monoisotopic (exact) mass is 281 g/mol. The maximum Gasteiger partial charge on any atom is 0.130 e. The Labute approximate surface area is 121 Å². The van der Waals surface area contributed by atoms with E-state index in [2.05, 4.69) is 25.2 Å². The summed E-state index contributed by atoms with van der Waals surface area (Å²) in [6.07, 6.45) is 2.22. The van der Waals surface area contributed by atoms with Crippen molar-refractivity contribution in [2.75, 3.05) is 19.8 Å². The van der Waals surface area contributed by atoms with Crippen molar-refractivity contribution in [3.8, 4) is 0 Å². The van der Waals surface area contributed by atoms with Gasteiger partial charge >= 0.3 is 0 Å². The predicted octanol–water partition coefficient (Wildman–Crippen LogP) is 3.03. The van der Waals surface area contributed by atoms with Gasteiger partial charge in [0.2, 0.25) is 0 Å². The van der Waals surface area contributed by atoms with Crippen LogP contribution in [0.2, 0.25) is 0 Å². The molecule has 2 heterocycles. The van der Waals surface area contributed by atoms with E-state index in [9.17, 15) is 0 Å². The lowest BCUT2D eigenvalue weighted by atomic mass is 10.0. The van der Waals surface area contributed by atoms with Crippen molar-refractivity contribution >= 4 is 0 Å². The van der Waals surface area contributed by atoms with Crippen molar-refractivity contribution in [1.82, 2.24) is 5.32 Å². The summed E-state index contributed by atoms with van der Waals surface area (Å²) in [4.78, 5) is 0. The van der Waals surface area contributed by atoms with Crippen LogP contribution < -0.4 is 5.32 Å². The summed E-state index contributed by atoms with van der Waals surface area (Å²) in [5, 5.41) is 3.41. The van der Waals surface area contributed by atoms with Gasteiger partial charge in [-0.15, -0.1) is 0 Å². The summed E-state index contributed by atoms with van der Waals surface area (Å²) in [5.74, 6) is 2.56. The number of aryl methyl sites for hydroxylation is 1. The first-order valence-electron chi connectivity index (χ1n) is 7.62. The zero-order valence-electron chi connectivity index (χ0n) is 12.9. The van der Waals surface area contributed by atoms with E-state index >= 15 is 0 Å². The lowest BCUT2D eigenvalue weighted by molar-refractivity contribution is 0.0118. The summed E-state index contributed by atoms with van der Waals surface area (Å²) < 4.78 is 16.9. The smallest absolute Gasteiger partial charge is 0.130 e. The summed E-state index contributed by atoms with van der Waals surface area (Å²) in [5.41, 5.74) is 1.23. The van der Waals surface area contributed by atoms with E-state index in [1.54, 1.807) is 0 Å². The quantitative estimate of drug-likeness (QED) is 0.834. The van der Waals surface area contributed by atoms with E-state index in [0.29, 0.717) is 18.6 Å². The highest BCUT2D eigenvalue weighted by Gasteiger charge is 2.14. The van der Waals surface area contributed by atoms with Crippen LogP contribution in [0.1, 0.15) is 43.8 Å². The van der Waals surface area contributed by atoms with Gasteiger partial charge < -0.3 is 19.2 Å². The van der Waals surface area contributed by atoms with Crippen molar-refractivity contribution in [2.24, 2.45) is 5.92 Å². The molecule has 0 saturated carbocycles. The Morgan fingerprint density at radius 1 is 1.35 bits per heavy atom. The second-order valence-electron chi connectivity index (χ2n) is 5.90. The Morgan fingerprint density at radius 3 is 2.80 bits per heavy atom. The number of rotatable bonds is 7. The van der Waals surface area contributed by atoms with Crippen LogP contribution in [0, 0.1) is 12.8 Å². The van der Waals surface area contributed by atoms with Gasteiger partial charge in [-0.3, -0.25) is 0 Å². The minimum absolute atomic E-state index is 0.484. The normalized spacial score (nSPS) is 17.0. The molecule has 1 saturated heterocycles. The molecule has 1 fully saturated rings. The van der Waals surface area contributed by atoms with E-state index in [1.807, 2.05) is 6.92 Å². The first kappa shape index (κ1) is 15.5. The average Bonchev–Trinajstić information content (AvgIpc) is 2.78. The fourth-order valence-corrected chi connectivity index (χ4v) is 2.39. The maximum absolute atomic E-state index is 5.78. The molecule has 4 heteroatoms. The molecule has 1 aromatic heterocycles. The van der Waals surface area contributed by atoms with E-state index in [0.717, 1.165) is 50.7 Å². The molecular formula is C16H27NO3. The van der Waals surface area contributed by atoms with Crippen LogP contribution in [-0.4, -0.2) is 25.9 Å². The molecule has 0 spiro atoms. The molecule has 20 heavy (non-hydrogen) atoms. The molecule has 4 nitrogen and oxygen atoms in total. The van der Waals surface area contributed by atoms with Gasteiger partial charge in [-0.25, -0.2) is 0 Å². The highest BCUT2D eigenvalue weighted by Crippen LogP contribution is 2.18. The van der Waals surface area contributed by atoms with Crippen LogP contribution in [0.25, 0.3) is 0 Å². The minimum Gasteiger partial charge on any atom is -0.464 e. The maximum atomic E-state index is 5.78. The van der Waals surface area contributed by atoms with Gasteiger partial charge in [-0.1, -0.05) is 13.8 Å². The third-order valence-corrected chi connectivity index (χ3v) is 3.71. The number of hydrogen-bond acceptors (Lipinski definition) is 4. The minimum atomic E-state index is 0.484.